The SMILES string of the molecule is O=C(O)CC1(CNC(=O)C2CCCCC2=NO)CCCCC1. The Morgan fingerprint density at radius 3 is 2.55 bits per heavy atom. The Bertz CT molecular complexity index is 441. The van der Waals surface area contributed by atoms with Crippen LogP contribution in [0.3, 0.4) is 0 Å². The molecule has 0 saturated heterocycles. The van der Waals surface area contributed by atoms with E-state index in [9.17, 15) is 9.59 Å². The third kappa shape index (κ3) is 4.21. The van der Waals surface area contributed by atoms with E-state index in [2.05, 4.69) is 10.5 Å². The molecule has 2 saturated carbocycles. The molecule has 0 aromatic heterocycles. The molecule has 2 fully saturated rings. The van der Waals surface area contributed by atoms with E-state index in [1.807, 2.05) is 0 Å². The molecule has 0 heterocycles. The highest BCUT2D eigenvalue weighted by Crippen LogP contribution is 2.39. The predicted octanol–water partition coefficient (Wildman–Crippen LogP) is 2.55. The molecule has 3 N–H and O–H groups in total. The van der Waals surface area contributed by atoms with Gasteiger partial charge in [-0.25, -0.2) is 0 Å². The highest BCUT2D eigenvalue weighted by Gasteiger charge is 2.36. The van der Waals surface area contributed by atoms with Crippen molar-refractivity contribution >= 4 is 17.6 Å². The molecule has 2 aliphatic carbocycles. The second-order valence-electron chi connectivity index (χ2n) is 6.74. The number of oxime groups is 1. The number of amides is 1. The first-order valence-corrected chi connectivity index (χ1v) is 8.27. The van der Waals surface area contributed by atoms with Crippen LogP contribution >= 0.6 is 0 Å². The zero-order chi connectivity index (χ0) is 16.0. The van der Waals surface area contributed by atoms with Crippen molar-refractivity contribution in [2.24, 2.45) is 16.5 Å². The average molecular weight is 310 g/mol. The Kier molecular flexibility index (Phi) is 5.80. The molecule has 1 unspecified atom stereocenters. The summed E-state index contributed by atoms with van der Waals surface area (Å²) in [6.45, 7) is 0.410. The minimum absolute atomic E-state index is 0.110. The number of nitrogens with zero attached hydrogens (tertiary/aromatic N) is 1. The zero-order valence-electron chi connectivity index (χ0n) is 13.0. The van der Waals surface area contributed by atoms with E-state index in [4.69, 9.17) is 10.3 Å². The molecular weight excluding hydrogens is 284 g/mol. The number of carbonyl (C=O) groups is 2. The summed E-state index contributed by atoms with van der Waals surface area (Å²) in [6, 6.07) is 0. The maximum absolute atomic E-state index is 12.4. The smallest absolute Gasteiger partial charge is 0.303 e. The van der Waals surface area contributed by atoms with Gasteiger partial charge in [-0.3, -0.25) is 9.59 Å². The first-order valence-electron chi connectivity index (χ1n) is 8.27. The predicted molar refractivity (Wildman–Crippen MR) is 82.0 cm³/mol. The molecule has 0 aromatic carbocycles. The lowest BCUT2D eigenvalue weighted by Crippen LogP contribution is -2.44. The minimum atomic E-state index is -0.800. The summed E-state index contributed by atoms with van der Waals surface area (Å²) in [5.74, 6) is -1.28. The van der Waals surface area contributed by atoms with Crippen LogP contribution in [-0.2, 0) is 9.59 Å². The largest absolute Gasteiger partial charge is 0.481 e. The van der Waals surface area contributed by atoms with Crippen LogP contribution in [0.2, 0.25) is 0 Å². The van der Waals surface area contributed by atoms with E-state index in [1.54, 1.807) is 0 Å². The van der Waals surface area contributed by atoms with Crippen LogP contribution in [0.25, 0.3) is 0 Å². The van der Waals surface area contributed by atoms with Crippen LogP contribution in [0.1, 0.15) is 64.2 Å². The van der Waals surface area contributed by atoms with Crippen molar-refractivity contribution in [3.63, 3.8) is 0 Å². The highest BCUT2D eigenvalue weighted by molar-refractivity contribution is 6.04. The summed E-state index contributed by atoms with van der Waals surface area (Å²) in [5.41, 5.74) is 0.241. The fourth-order valence-electron chi connectivity index (χ4n) is 3.83. The van der Waals surface area contributed by atoms with E-state index in [1.165, 1.54) is 0 Å². The molecule has 1 atom stereocenters. The Morgan fingerprint density at radius 2 is 1.91 bits per heavy atom. The maximum atomic E-state index is 12.4. The first-order chi connectivity index (χ1) is 10.6. The van der Waals surface area contributed by atoms with Gasteiger partial charge in [0.1, 0.15) is 0 Å². The van der Waals surface area contributed by atoms with Crippen molar-refractivity contribution in [3.05, 3.63) is 0 Å². The van der Waals surface area contributed by atoms with Gasteiger partial charge in [-0.2, -0.15) is 0 Å². The van der Waals surface area contributed by atoms with Crippen molar-refractivity contribution in [1.82, 2.24) is 5.32 Å². The normalized spacial score (nSPS) is 26.5. The number of nitrogens with one attached hydrogen (secondary N) is 1. The molecule has 6 nitrogen and oxygen atoms in total. The van der Waals surface area contributed by atoms with Gasteiger partial charge < -0.3 is 15.6 Å². The van der Waals surface area contributed by atoms with Crippen LogP contribution in [-0.4, -0.2) is 34.4 Å². The van der Waals surface area contributed by atoms with Crippen LogP contribution in [0.4, 0.5) is 0 Å². The lowest BCUT2D eigenvalue weighted by molar-refractivity contribution is -0.141. The molecule has 0 radical (unpaired) electrons. The van der Waals surface area contributed by atoms with Crippen molar-refractivity contribution in [1.29, 1.82) is 0 Å². The summed E-state index contributed by atoms with van der Waals surface area (Å²) < 4.78 is 0. The van der Waals surface area contributed by atoms with Crippen LogP contribution in [0, 0.1) is 11.3 Å². The molecule has 2 aliphatic rings. The number of hydrogen-bond donors (Lipinski definition) is 3. The van der Waals surface area contributed by atoms with E-state index >= 15 is 0 Å². The number of hydrogen-bond acceptors (Lipinski definition) is 4. The van der Waals surface area contributed by atoms with E-state index in [0.29, 0.717) is 25.1 Å². The molecule has 0 bridgehead atoms. The summed E-state index contributed by atoms with van der Waals surface area (Å²) >= 11 is 0. The summed E-state index contributed by atoms with van der Waals surface area (Å²) in [5, 5.41) is 24.4. The van der Waals surface area contributed by atoms with Crippen LogP contribution in [0.15, 0.2) is 5.16 Å². The lowest BCUT2D eigenvalue weighted by atomic mass is 9.71. The fourth-order valence-corrected chi connectivity index (χ4v) is 3.83. The molecule has 2 rings (SSSR count). The average Bonchev–Trinajstić information content (AvgIpc) is 2.53. The van der Waals surface area contributed by atoms with E-state index in [-0.39, 0.29) is 23.7 Å². The van der Waals surface area contributed by atoms with E-state index in [0.717, 1.165) is 44.9 Å². The fraction of sp³-hybridized carbons (Fsp3) is 0.812. The number of aliphatic carboxylic acids is 1. The third-order valence-corrected chi connectivity index (χ3v) is 5.10. The standard InChI is InChI=1S/C16H26N2O4/c19-14(20)10-16(8-4-1-5-9-16)11-17-15(21)12-6-2-3-7-13(12)18-22/h12,22H,1-11H2,(H,17,21)(H,19,20). The van der Waals surface area contributed by atoms with Gasteiger partial charge in [-0.05, 0) is 37.5 Å². The second-order valence-corrected chi connectivity index (χ2v) is 6.74. The highest BCUT2D eigenvalue weighted by atomic mass is 16.4. The van der Waals surface area contributed by atoms with Crippen molar-refractivity contribution < 1.29 is 19.9 Å². The molecule has 0 aromatic rings. The minimum Gasteiger partial charge on any atom is -0.481 e. The van der Waals surface area contributed by atoms with Crippen LogP contribution in [0.5, 0.6) is 0 Å². The quantitative estimate of drug-likeness (QED) is 0.537. The van der Waals surface area contributed by atoms with Gasteiger partial charge >= 0.3 is 5.97 Å². The van der Waals surface area contributed by atoms with Crippen molar-refractivity contribution in [2.45, 2.75) is 64.2 Å². The zero-order valence-corrected chi connectivity index (χ0v) is 13.0. The van der Waals surface area contributed by atoms with Gasteiger partial charge in [0.05, 0.1) is 18.1 Å². The Balaban J connectivity index is 1.96. The van der Waals surface area contributed by atoms with Gasteiger partial charge in [-0.15, -0.1) is 0 Å². The van der Waals surface area contributed by atoms with Gasteiger partial charge in [0.2, 0.25) is 5.91 Å². The van der Waals surface area contributed by atoms with E-state index < -0.39 is 5.97 Å². The molecule has 1 amide bonds. The molecule has 22 heavy (non-hydrogen) atoms. The summed E-state index contributed by atoms with van der Waals surface area (Å²) in [7, 11) is 0. The summed E-state index contributed by atoms with van der Waals surface area (Å²) in [4.78, 5) is 23.5. The first kappa shape index (κ1) is 16.8. The monoisotopic (exact) mass is 310 g/mol. The summed E-state index contributed by atoms with van der Waals surface area (Å²) in [6.07, 6.45) is 8.27. The van der Waals surface area contributed by atoms with Gasteiger partial charge in [-0.1, -0.05) is 30.8 Å². The number of carboxylic acids is 1. The van der Waals surface area contributed by atoms with Crippen molar-refractivity contribution in [2.75, 3.05) is 6.54 Å². The maximum Gasteiger partial charge on any atom is 0.303 e. The van der Waals surface area contributed by atoms with Gasteiger partial charge in [0.25, 0.3) is 0 Å². The third-order valence-electron chi connectivity index (χ3n) is 5.10. The Morgan fingerprint density at radius 1 is 1.18 bits per heavy atom. The second kappa shape index (κ2) is 7.61. The Hall–Kier alpha value is -1.59. The van der Waals surface area contributed by atoms with Crippen molar-refractivity contribution in [3.8, 4) is 0 Å². The topological polar surface area (TPSA) is 99.0 Å². The lowest BCUT2D eigenvalue weighted by Gasteiger charge is -2.36. The van der Waals surface area contributed by atoms with Gasteiger partial charge in [0.15, 0.2) is 0 Å². The number of carbonyl (C=O) groups excluding carboxylic acids is 1. The Labute approximate surface area is 131 Å². The molecule has 0 aliphatic heterocycles. The molecule has 124 valence electrons. The number of carboxylic acid groups (broad SMARTS) is 1. The number of rotatable bonds is 5. The molecule has 0 spiro atoms. The van der Waals surface area contributed by atoms with Gasteiger partial charge in [0, 0.05) is 6.54 Å². The van der Waals surface area contributed by atoms with Crippen LogP contribution < -0.4 is 5.32 Å². The molecule has 6 heteroatoms. The molecular formula is C16H26N2O4.